The van der Waals surface area contributed by atoms with Crippen LogP contribution in [0, 0.1) is 6.92 Å². The van der Waals surface area contributed by atoms with Crippen LogP contribution in [0.3, 0.4) is 0 Å². The molecule has 0 amide bonds. The lowest BCUT2D eigenvalue weighted by Crippen LogP contribution is -2.05. The van der Waals surface area contributed by atoms with Crippen molar-refractivity contribution in [2.75, 3.05) is 12.4 Å². The maximum Gasteiger partial charge on any atom is 0.162 e. The minimum absolute atomic E-state index is 0.564. The number of rotatable bonds is 7. The van der Waals surface area contributed by atoms with E-state index in [9.17, 15) is 0 Å². The topological polar surface area (TPSA) is 47.0 Å². The van der Waals surface area contributed by atoms with Crippen molar-refractivity contribution in [1.29, 1.82) is 0 Å². The molecule has 0 unspecified atom stereocenters. The Labute approximate surface area is 171 Å². The average Bonchev–Trinajstić information content (AvgIpc) is 2.71. The van der Waals surface area contributed by atoms with Gasteiger partial charge in [-0.1, -0.05) is 61.9 Å². The summed E-state index contributed by atoms with van der Waals surface area (Å²) in [7, 11) is 1.60. The summed E-state index contributed by atoms with van der Waals surface area (Å²) in [6.45, 7) is 8.39. The third-order valence-corrected chi connectivity index (χ3v) is 4.79. The zero-order valence-electron chi connectivity index (χ0n) is 16.4. The number of allylic oxidation sites excluding steroid dienone is 1. The largest absolute Gasteiger partial charge is 0.495 e. The quantitative estimate of drug-likeness (QED) is 0.486. The number of halogens is 1. The van der Waals surface area contributed by atoms with Crippen molar-refractivity contribution in [3.63, 3.8) is 0 Å². The highest BCUT2D eigenvalue weighted by Crippen LogP contribution is 2.32. The molecule has 0 spiro atoms. The van der Waals surface area contributed by atoms with Crippen LogP contribution in [0.25, 0.3) is 17.0 Å². The van der Waals surface area contributed by atoms with Gasteiger partial charge in [0.15, 0.2) is 5.82 Å². The lowest BCUT2D eigenvalue weighted by molar-refractivity contribution is 0.415. The lowest BCUT2D eigenvalue weighted by Gasteiger charge is -2.16. The predicted molar refractivity (Wildman–Crippen MR) is 117 cm³/mol. The molecule has 0 bridgehead atoms. The normalized spacial score (nSPS) is 10.6. The first kappa shape index (κ1) is 19.9. The second-order valence-electron chi connectivity index (χ2n) is 6.56. The van der Waals surface area contributed by atoms with E-state index in [4.69, 9.17) is 26.3 Å². The van der Waals surface area contributed by atoms with E-state index in [1.165, 1.54) is 0 Å². The molecule has 0 atom stereocenters. The van der Waals surface area contributed by atoms with Crippen molar-refractivity contribution in [3.05, 3.63) is 71.4 Å². The van der Waals surface area contributed by atoms with Gasteiger partial charge in [0.05, 0.1) is 17.8 Å². The molecule has 1 N–H and O–H groups in total. The fourth-order valence-corrected chi connectivity index (χ4v) is 3.19. The van der Waals surface area contributed by atoms with E-state index in [1.54, 1.807) is 13.2 Å². The monoisotopic (exact) mass is 393 g/mol. The van der Waals surface area contributed by atoms with E-state index in [1.807, 2.05) is 49.4 Å². The minimum Gasteiger partial charge on any atom is -0.495 e. The molecule has 28 heavy (non-hydrogen) atoms. The molecule has 4 nitrogen and oxygen atoms in total. The van der Waals surface area contributed by atoms with Gasteiger partial charge >= 0.3 is 0 Å². The fraction of sp³-hybridized carbons (Fsp3) is 0.217. The van der Waals surface area contributed by atoms with Crippen molar-refractivity contribution in [2.24, 2.45) is 0 Å². The Morgan fingerprint density at radius 3 is 2.57 bits per heavy atom. The number of hydrogen-bond donors (Lipinski definition) is 1. The third kappa shape index (κ3) is 4.34. The van der Waals surface area contributed by atoms with Gasteiger partial charge < -0.3 is 10.1 Å². The first-order valence-corrected chi connectivity index (χ1v) is 9.64. The first-order chi connectivity index (χ1) is 13.5. The number of aromatic nitrogens is 2. The molecule has 5 heteroatoms. The molecular weight excluding hydrogens is 370 g/mol. The van der Waals surface area contributed by atoms with Gasteiger partial charge in [0.1, 0.15) is 11.6 Å². The predicted octanol–water partition coefficient (Wildman–Crippen LogP) is 6.67. The molecular formula is C23H24ClN3O. The van der Waals surface area contributed by atoms with Crippen LogP contribution < -0.4 is 10.1 Å². The van der Waals surface area contributed by atoms with Gasteiger partial charge in [0, 0.05) is 22.9 Å². The zero-order valence-corrected chi connectivity index (χ0v) is 17.2. The van der Waals surface area contributed by atoms with E-state index < -0.39 is 0 Å². The summed E-state index contributed by atoms with van der Waals surface area (Å²) < 4.78 is 5.32. The molecule has 0 saturated heterocycles. The lowest BCUT2D eigenvalue weighted by atomic mass is 10.0. The molecule has 0 aliphatic rings. The molecule has 0 fully saturated rings. The average molecular weight is 394 g/mol. The van der Waals surface area contributed by atoms with Crippen molar-refractivity contribution in [3.8, 4) is 17.1 Å². The van der Waals surface area contributed by atoms with Gasteiger partial charge in [-0.2, -0.15) is 0 Å². The second kappa shape index (κ2) is 8.89. The van der Waals surface area contributed by atoms with Gasteiger partial charge in [-0.05, 0) is 31.1 Å². The van der Waals surface area contributed by atoms with Gasteiger partial charge in [-0.15, -0.1) is 0 Å². The summed E-state index contributed by atoms with van der Waals surface area (Å²) in [5.41, 5.74) is 4.67. The summed E-state index contributed by atoms with van der Waals surface area (Å²) in [6.07, 6.45) is 1.90. The van der Waals surface area contributed by atoms with Crippen molar-refractivity contribution >= 4 is 28.7 Å². The van der Waals surface area contributed by atoms with Crippen LogP contribution in [0.2, 0.25) is 5.02 Å². The van der Waals surface area contributed by atoms with E-state index in [2.05, 4.69) is 18.8 Å². The van der Waals surface area contributed by atoms with Crippen molar-refractivity contribution < 1.29 is 4.74 Å². The molecule has 0 radical (unpaired) electrons. The second-order valence-corrected chi connectivity index (χ2v) is 6.97. The third-order valence-electron chi connectivity index (χ3n) is 4.48. The summed E-state index contributed by atoms with van der Waals surface area (Å²) in [4.78, 5) is 9.60. The molecule has 0 saturated carbocycles. The summed E-state index contributed by atoms with van der Waals surface area (Å²) in [6, 6.07) is 15.5. The summed E-state index contributed by atoms with van der Waals surface area (Å²) in [5, 5.41) is 3.96. The molecule has 144 valence electrons. The minimum atomic E-state index is 0.564. The van der Waals surface area contributed by atoms with Crippen LogP contribution in [0.5, 0.6) is 5.75 Å². The molecule has 1 heterocycles. The Balaban J connectivity index is 2.08. The standard InChI is InChI=1S/C23H24ClN3O/c1-5-9-15(2)21-16(3)22(25-18-12-13-19(24)20(14-18)28-4)27-23(26-21)17-10-7-6-8-11-17/h6-8,10-14H,2,5,9H2,1,3-4H3,(H,25,26,27). The maximum atomic E-state index is 6.15. The Kier molecular flexibility index (Phi) is 6.32. The van der Waals surface area contributed by atoms with E-state index in [0.29, 0.717) is 16.6 Å². The molecule has 3 aromatic rings. The Morgan fingerprint density at radius 1 is 1.14 bits per heavy atom. The molecule has 3 rings (SSSR count). The number of ether oxygens (including phenoxy) is 1. The highest BCUT2D eigenvalue weighted by Gasteiger charge is 2.15. The van der Waals surface area contributed by atoms with Crippen LogP contribution in [-0.4, -0.2) is 17.1 Å². The fourth-order valence-electron chi connectivity index (χ4n) is 2.99. The van der Waals surface area contributed by atoms with Crippen molar-refractivity contribution in [2.45, 2.75) is 26.7 Å². The Bertz CT molecular complexity index is 987. The molecule has 0 aliphatic carbocycles. The number of methoxy groups -OCH3 is 1. The van der Waals surface area contributed by atoms with Crippen molar-refractivity contribution in [1.82, 2.24) is 9.97 Å². The van der Waals surface area contributed by atoms with Crippen LogP contribution in [0.1, 0.15) is 31.0 Å². The van der Waals surface area contributed by atoms with E-state index in [-0.39, 0.29) is 0 Å². The van der Waals surface area contributed by atoms with Crippen LogP contribution in [-0.2, 0) is 0 Å². The smallest absolute Gasteiger partial charge is 0.162 e. The SMILES string of the molecule is C=C(CCC)c1nc(-c2ccccc2)nc(Nc2ccc(Cl)c(OC)c2)c1C. The maximum absolute atomic E-state index is 6.15. The summed E-state index contributed by atoms with van der Waals surface area (Å²) in [5.74, 6) is 2.02. The summed E-state index contributed by atoms with van der Waals surface area (Å²) >= 11 is 6.15. The van der Waals surface area contributed by atoms with E-state index >= 15 is 0 Å². The van der Waals surface area contributed by atoms with Crippen LogP contribution in [0.15, 0.2) is 55.1 Å². The zero-order chi connectivity index (χ0) is 20.1. The number of hydrogen-bond acceptors (Lipinski definition) is 4. The Morgan fingerprint density at radius 2 is 1.89 bits per heavy atom. The molecule has 2 aromatic carbocycles. The van der Waals surface area contributed by atoms with Crippen LogP contribution in [0.4, 0.5) is 11.5 Å². The number of anilines is 2. The van der Waals surface area contributed by atoms with Gasteiger partial charge in [-0.25, -0.2) is 9.97 Å². The van der Waals surface area contributed by atoms with Gasteiger partial charge in [-0.3, -0.25) is 0 Å². The molecule has 1 aromatic heterocycles. The van der Waals surface area contributed by atoms with Crippen LogP contribution >= 0.6 is 11.6 Å². The highest BCUT2D eigenvalue weighted by atomic mass is 35.5. The Hall–Kier alpha value is -2.85. The highest BCUT2D eigenvalue weighted by molar-refractivity contribution is 6.32. The number of nitrogens with zero attached hydrogens (tertiary/aromatic N) is 2. The number of benzene rings is 2. The number of nitrogens with one attached hydrogen (secondary N) is 1. The van der Waals surface area contributed by atoms with E-state index in [0.717, 1.165) is 46.7 Å². The first-order valence-electron chi connectivity index (χ1n) is 9.26. The van der Waals surface area contributed by atoms with Gasteiger partial charge in [0.2, 0.25) is 0 Å². The van der Waals surface area contributed by atoms with Gasteiger partial charge in [0.25, 0.3) is 0 Å². The molecule has 0 aliphatic heterocycles.